The summed E-state index contributed by atoms with van der Waals surface area (Å²) in [5.74, 6) is -7.22. The van der Waals surface area contributed by atoms with Crippen LogP contribution in [0.25, 0.3) is 0 Å². The van der Waals surface area contributed by atoms with Gasteiger partial charge in [-0.05, 0) is 101 Å². The van der Waals surface area contributed by atoms with Gasteiger partial charge < -0.3 is 86.5 Å². The maximum Gasteiger partial charge on any atom is 0.245 e. The molecule has 80 heavy (non-hydrogen) atoms. The van der Waals surface area contributed by atoms with Crippen molar-refractivity contribution in [3.05, 3.63) is 29.8 Å². The van der Waals surface area contributed by atoms with Crippen LogP contribution >= 0.6 is 0 Å². The molecule has 446 valence electrons. The lowest BCUT2D eigenvalue weighted by Crippen LogP contribution is -2.61. The average Bonchev–Trinajstić information content (AvgIpc) is 3.95. The molecule has 28 nitrogen and oxygen atoms in total. The Morgan fingerprint density at radius 2 is 1.16 bits per heavy atom. The number of hydrogen-bond acceptors (Lipinski definition) is 14. The first-order valence-corrected chi connectivity index (χ1v) is 27.6. The molecular weight excluding hydrogens is 1040 g/mol. The molecule has 28 heteroatoms. The molecule has 2 saturated heterocycles. The van der Waals surface area contributed by atoms with Gasteiger partial charge in [-0.15, -0.1) is 0 Å². The topological polar surface area (TPSA) is 462 Å². The van der Waals surface area contributed by atoms with E-state index >= 15 is 0 Å². The minimum absolute atomic E-state index is 0.0236. The van der Waals surface area contributed by atoms with E-state index in [1.54, 1.807) is 6.92 Å². The Labute approximate surface area is 467 Å². The number of phenolic OH excluding ortho intramolecular Hbond substituents is 1. The second kappa shape index (κ2) is 35.0. The minimum Gasteiger partial charge on any atom is -0.508 e. The Morgan fingerprint density at radius 1 is 0.625 bits per heavy atom. The van der Waals surface area contributed by atoms with Crippen LogP contribution in [0.2, 0.25) is 0 Å². The molecule has 20 N–H and O–H groups in total. The molecule has 2 heterocycles. The number of primary amides is 1. The molecule has 0 unspecified atom stereocenters. The summed E-state index contributed by atoms with van der Waals surface area (Å²) in [6.07, 6.45) is 2.60. The molecule has 1 aromatic carbocycles. The summed E-state index contributed by atoms with van der Waals surface area (Å²) >= 11 is 0. The van der Waals surface area contributed by atoms with Crippen molar-refractivity contribution in [2.75, 3.05) is 45.8 Å². The molecule has 0 radical (unpaired) electrons. The van der Waals surface area contributed by atoms with Gasteiger partial charge in [0.05, 0.1) is 6.54 Å². The number of amides is 10. The van der Waals surface area contributed by atoms with Crippen molar-refractivity contribution in [1.29, 1.82) is 0 Å². The standard InChI is InChI=1S/C52H87N17O11/c1-4-11-34-44(74)66-38(28-32-18-20-33(70)21-19-32)46(76)67-39(29-53)47(77)65-37(22-17-31(2)3)49(79)68(30-41(54)71)26-6-5-23-59-42(72)15-7-16-43(73)62-36(13-9-25-61-52(57)58)50(80)69-27-10-14-40(69)48(78)64-35(45(75)63-34)12-8-24-60-51(55)56/h18-21,31,34-40,70H,4-17,22-30,53H2,1-3H3,(H2,54,71)(H,59,72)(H,62,73)(H,63,75)(H,64,78)(H,65,77)(H,66,74)(H,67,76)(H4,55,56,60)(H4,57,58,61)/t34-,35-,36-,37-,38-,39-,40-/m0/s1. The lowest BCUT2D eigenvalue weighted by atomic mass is 10.0. The van der Waals surface area contributed by atoms with Gasteiger partial charge in [0.1, 0.15) is 48.0 Å². The summed E-state index contributed by atoms with van der Waals surface area (Å²) in [5, 5.41) is 29.1. The molecule has 0 aliphatic carbocycles. The Morgan fingerprint density at radius 3 is 1.76 bits per heavy atom. The number of aliphatic imine (C=N–C) groups is 2. The van der Waals surface area contributed by atoms with Gasteiger partial charge in [-0.25, -0.2) is 0 Å². The summed E-state index contributed by atoms with van der Waals surface area (Å²) in [6, 6.07) is -3.04. The number of carbonyl (C=O) groups is 10. The molecule has 7 atom stereocenters. The number of guanidine groups is 2. The van der Waals surface area contributed by atoms with E-state index in [0.717, 1.165) is 0 Å². The molecule has 2 aliphatic rings. The monoisotopic (exact) mass is 1130 g/mol. The molecule has 3 rings (SSSR count). The highest BCUT2D eigenvalue weighted by atomic mass is 16.3. The number of nitrogens with zero attached hydrogens (tertiary/aromatic N) is 4. The third kappa shape index (κ3) is 24.1. The van der Waals surface area contributed by atoms with Gasteiger partial charge in [0, 0.05) is 58.5 Å². The first kappa shape index (κ1) is 66.5. The van der Waals surface area contributed by atoms with Crippen LogP contribution in [0.15, 0.2) is 34.3 Å². The maximum absolute atomic E-state index is 14.4. The number of nitrogens with one attached hydrogen (secondary N) is 7. The van der Waals surface area contributed by atoms with Crippen LogP contribution in [-0.4, -0.2) is 174 Å². The molecule has 2 fully saturated rings. The number of phenols is 1. The molecule has 1 aromatic rings. The van der Waals surface area contributed by atoms with E-state index in [4.69, 9.17) is 34.4 Å². The normalized spacial score (nSPS) is 23.4. The molecule has 0 bridgehead atoms. The SMILES string of the molecule is CCC[C@@H]1NC(=O)[C@H](CCCN=C(N)N)NC(=O)[C@@H]2CCCN2C(=O)[C@H](CCCN=C(N)N)NC(=O)CCCC(=O)NCCCCN(CC(N)=O)C(=O)[C@H](CCC(C)C)NC(=O)[C@H](CN)NC(=O)[C@H](Cc2ccc(O)cc2)NC1=O. The van der Waals surface area contributed by atoms with Crippen molar-refractivity contribution < 1.29 is 53.1 Å². The van der Waals surface area contributed by atoms with Crippen LogP contribution in [0.1, 0.15) is 123 Å². The van der Waals surface area contributed by atoms with Gasteiger partial charge in [0.25, 0.3) is 0 Å². The molecule has 10 amide bonds. The zero-order valence-electron chi connectivity index (χ0n) is 46.5. The lowest BCUT2D eigenvalue weighted by Gasteiger charge is -2.30. The van der Waals surface area contributed by atoms with E-state index in [9.17, 15) is 53.1 Å². The minimum atomic E-state index is -1.45. The number of fused-ring (bicyclic) bond motifs is 1. The number of hydrogen-bond donors (Lipinski definition) is 14. The van der Waals surface area contributed by atoms with Crippen molar-refractivity contribution in [3.8, 4) is 5.75 Å². The van der Waals surface area contributed by atoms with Crippen LogP contribution < -0.4 is 71.6 Å². The second-order valence-electron chi connectivity index (χ2n) is 20.5. The number of benzene rings is 1. The first-order chi connectivity index (χ1) is 38.0. The molecule has 0 spiro atoms. The van der Waals surface area contributed by atoms with Gasteiger partial charge >= 0.3 is 0 Å². The Bertz CT molecular complexity index is 2310. The predicted molar refractivity (Wildman–Crippen MR) is 298 cm³/mol. The van der Waals surface area contributed by atoms with E-state index in [2.05, 4.69) is 47.2 Å². The summed E-state index contributed by atoms with van der Waals surface area (Å²) in [4.78, 5) is 149. The Balaban J connectivity index is 2.09. The number of aromatic hydroxyl groups is 1. The Kier molecular flexibility index (Phi) is 29.1. The third-order valence-electron chi connectivity index (χ3n) is 13.4. The fourth-order valence-electron chi connectivity index (χ4n) is 9.11. The summed E-state index contributed by atoms with van der Waals surface area (Å²) < 4.78 is 0. The van der Waals surface area contributed by atoms with E-state index in [0.29, 0.717) is 37.7 Å². The van der Waals surface area contributed by atoms with Crippen molar-refractivity contribution >= 4 is 71.0 Å². The van der Waals surface area contributed by atoms with E-state index < -0.39 is 109 Å². The van der Waals surface area contributed by atoms with E-state index in [1.165, 1.54) is 34.1 Å². The molecule has 2 aliphatic heterocycles. The van der Waals surface area contributed by atoms with Crippen molar-refractivity contribution in [1.82, 2.24) is 47.0 Å². The second-order valence-corrected chi connectivity index (χ2v) is 20.5. The smallest absolute Gasteiger partial charge is 0.245 e. The van der Waals surface area contributed by atoms with Crippen LogP contribution in [-0.2, 0) is 54.4 Å². The fourth-order valence-corrected chi connectivity index (χ4v) is 9.11. The van der Waals surface area contributed by atoms with Gasteiger partial charge in [-0.1, -0.05) is 39.3 Å². The summed E-state index contributed by atoms with van der Waals surface area (Å²) in [7, 11) is 0. The third-order valence-corrected chi connectivity index (χ3v) is 13.4. The van der Waals surface area contributed by atoms with Crippen molar-refractivity contribution in [2.45, 2.75) is 166 Å². The quantitative estimate of drug-likeness (QED) is 0.0386. The number of nitrogens with two attached hydrogens (primary N) is 6. The highest BCUT2D eigenvalue weighted by Crippen LogP contribution is 2.21. The lowest BCUT2D eigenvalue weighted by molar-refractivity contribution is -0.142. The predicted octanol–water partition coefficient (Wildman–Crippen LogP) is -3.47. The van der Waals surface area contributed by atoms with Gasteiger partial charge in [0.15, 0.2) is 11.9 Å². The van der Waals surface area contributed by atoms with Gasteiger partial charge in [0.2, 0.25) is 59.1 Å². The highest BCUT2D eigenvalue weighted by Gasteiger charge is 2.40. The maximum atomic E-state index is 14.4. The van der Waals surface area contributed by atoms with Crippen LogP contribution in [0.4, 0.5) is 0 Å². The fraction of sp³-hybridized carbons (Fsp3) is 0.654. The zero-order valence-corrected chi connectivity index (χ0v) is 46.5. The largest absolute Gasteiger partial charge is 0.508 e. The van der Waals surface area contributed by atoms with E-state index in [-0.39, 0.29) is 133 Å². The molecule has 0 saturated carbocycles. The summed E-state index contributed by atoms with van der Waals surface area (Å²) in [5.41, 5.74) is 34.3. The number of carbonyl (C=O) groups excluding carboxylic acids is 10. The molecular formula is C52H87N17O11. The molecule has 0 aromatic heterocycles. The van der Waals surface area contributed by atoms with Gasteiger partial charge in [-0.3, -0.25) is 57.9 Å². The summed E-state index contributed by atoms with van der Waals surface area (Å²) in [6.45, 7) is 5.22. The van der Waals surface area contributed by atoms with Crippen molar-refractivity contribution in [3.63, 3.8) is 0 Å². The van der Waals surface area contributed by atoms with Crippen LogP contribution in [0, 0.1) is 5.92 Å². The zero-order chi connectivity index (χ0) is 59.3. The first-order valence-electron chi connectivity index (χ1n) is 27.6. The van der Waals surface area contributed by atoms with Crippen LogP contribution in [0.3, 0.4) is 0 Å². The van der Waals surface area contributed by atoms with Gasteiger partial charge in [-0.2, -0.15) is 0 Å². The van der Waals surface area contributed by atoms with Crippen molar-refractivity contribution in [2.24, 2.45) is 50.3 Å². The number of rotatable bonds is 18. The van der Waals surface area contributed by atoms with Crippen LogP contribution in [0.5, 0.6) is 5.75 Å². The highest BCUT2D eigenvalue weighted by molar-refractivity contribution is 5.98. The van der Waals surface area contributed by atoms with E-state index in [1.807, 2.05) is 13.8 Å². The average molecular weight is 1130 g/mol. The Hall–Kier alpha value is -7.78.